The zero-order valence-electron chi connectivity index (χ0n) is 8.42. The number of hydrogen-bond donors (Lipinski definition) is 1. The number of nitriles is 1. The van der Waals surface area contributed by atoms with Gasteiger partial charge in [0.1, 0.15) is 11.6 Å². The monoisotopic (exact) mass is 237 g/mol. The lowest BCUT2D eigenvalue weighted by Crippen LogP contribution is -2.13. The third kappa shape index (κ3) is 1.76. The highest BCUT2D eigenvalue weighted by Gasteiger charge is 2.37. The zero-order valence-corrected chi connectivity index (χ0v) is 8.42. The smallest absolute Gasteiger partial charge is 0.397 e. The molecule has 86 valence electrons. The van der Waals surface area contributed by atoms with Crippen LogP contribution >= 0.6 is 0 Å². The summed E-state index contributed by atoms with van der Waals surface area (Å²) in [5.41, 5.74) is 3.63. The van der Waals surface area contributed by atoms with Crippen LogP contribution in [0.1, 0.15) is 11.3 Å². The molecule has 1 heterocycles. The van der Waals surface area contributed by atoms with E-state index in [1.165, 1.54) is 18.2 Å². The molecule has 0 fully saturated rings. The van der Waals surface area contributed by atoms with Crippen molar-refractivity contribution < 1.29 is 13.2 Å². The number of pyridine rings is 1. The van der Waals surface area contributed by atoms with E-state index < -0.39 is 17.4 Å². The molecular formula is C11H6F3N3. The van der Waals surface area contributed by atoms with Gasteiger partial charge in [0.2, 0.25) is 0 Å². The van der Waals surface area contributed by atoms with Crippen molar-refractivity contribution in [3.8, 4) is 6.07 Å². The van der Waals surface area contributed by atoms with Crippen molar-refractivity contribution in [3.63, 3.8) is 0 Å². The first-order valence-corrected chi connectivity index (χ1v) is 4.60. The third-order valence-corrected chi connectivity index (χ3v) is 2.31. The third-order valence-electron chi connectivity index (χ3n) is 2.31. The summed E-state index contributed by atoms with van der Waals surface area (Å²) in [4.78, 5) is 3.45. The molecule has 0 aliphatic carbocycles. The molecule has 0 atom stereocenters. The molecule has 6 heteroatoms. The Hall–Kier alpha value is -2.29. The first-order chi connectivity index (χ1) is 7.95. The Morgan fingerprint density at radius 1 is 1.24 bits per heavy atom. The number of rotatable bonds is 0. The molecule has 17 heavy (non-hydrogen) atoms. The number of para-hydroxylation sites is 1. The van der Waals surface area contributed by atoms with E-state index in [4.69, 9.17) is 11.0 Å². The second-order valence-corrected chi connectivity index (χ2v) is 3.38. The van der Waals surface area contributed by atoms with Crippen LogP contribution in [0.5, 0.6) is 0 Å². The topological polar surface area (TPSA) is 62.7 Å². The second kappa shape index (κ2) is 3.63. The number of hydrogen-bond acceptors (Lipinski definition) is 3. The maximum Gasteiger partial charge on any atom is 0.434 e. The molecule has 0 unspecified atom stereocenters. The van der Waals surface area contributed by atoms with Crippen molar-refractivity contribution in [1.82, 2.24) is 4.98 Å². The summed E-state index contributed by atoms with van der Waals surface area (Å²) in [5.74, 6) is 0. The standard InChI is InChI=1S/C11H6F3N3/c12-11(13,14)10-7(5-15)9(16)6-3-1-2-4-8(6)17-10/h1-4H,(H2,16,17). The van der Waals surface area contributed by atoms with Crippen LogP contribution in [0.2, 0.25) is 0 Å². The van der Waals surface area contributed by atoms with E-state index in [0.717, 1.165) is 0 Å². The van der Waals surface area contributed by atoms with E-state index in [9.17, 15) is 13.2 Å². The van der Waals surface area contributed by atoms with Gasteiger partial charge in [0.05, 0.1) is 11.2 Å². The van der Waals surface area contributed by atoms with E-state index in [2.05, 4.69) is 4.98 Å². The zero-order chi connectivity index (χ0) is 12.6. The molecule has 0 spiro atoms. The molecule has 0 bridgehead atoms. The molecule has 1 aromatic heterocycles. The minimum Gasteiger partial charge on any atom is -0.397 e. The lowest BCUT2D eigenvalue weighted by molar-refractivity contribution is -0.141. The van der Waals surface area contributed by atoms with Crippen LogP contribution in [0.4, 0.5) is 18.9 Å². The molecule has 3 nitrogen and oxygen atoms in total. The molecule has 2 N–H and O–H groups in total. The van der Waals surface area contributed by atoms with Gasteiger partial charge in [0.25, 0.3) is 0 Å². The van der Waals surface area contributed by atoms with Gasteiger partial charge in [0, 0.05) is 5.39 Å². The minimum absolute atomic E-state index is 0.122. The van der Waals surface area contributed by atoms with E-state index in [1.807, 2.05) is 0 Å². The van der Waals surface area contributed by atoms with Crippen LogP contribution in [-0.4, -0.2) is 4.98 Å². The van der Waals surface area contributed by atoms with Crippen LogP contribution in [-0.2, 0) is 6.18 Å². The average molecular weight is 237 g/mol. The molecule has 0 saturated heterocycles. The molecule has 2 aromatic rings. The molecule has 0 saturated carbocycles. The molecule has 2 rings (SSSR count). The van der Waals surface area contributed by atoms with Crippen LogP contribution in [0.15, 0.2) is 24.3 Å². The summed E-state index contributed by atoms with van der Waals surface area (Å²) in [6.07, 6.45) is -4.69. The fraction of sp³-hybridized carbons (Fsp3) is 0.0909. The Labute approximate surface area is 94.3 Å². The molecule has 0 aliphatic rings. The highest BCUT2D eigenvalue weighted by atomic mass is 19.4. The first-order valence-electron chi connectivity index (χ1n) is 4.60. The van der Waals surface area contributed by atoms with Gasteiger partial charge < -0.3 is 5.73 Å². The molecule has 0 amide bonds. The van der Waals surface area contributed by atoms with Gasteiger partial charge in [-0.2, -0.15) is 18.4 Å². The number of aromatic nitrogens is 1. The minimum atomic E-state index is -4.69. The number of nitrogens with two attached hydrogens (primary N) is 1. The SMILES string of the molecule is N#Cc1c(C(F)(F)F)nc2ccccc2c1N. The van der Waals surface area contributed by atoms with Gasteiger partial charge in [-0.3, -0.25) is 0 Å². The fourth-order valence-corrected chi connectivity index (χ4v) is 1.56. The van der Waals surface area contributed by atoms with Crippen LogP contribution in [0.25, 0.3) is 10.9 Å². The van der Waals surface area contributed by atoms with Gasteiger partial charge in [-0.1, -0.05) is 18.2 Å². The Morgan fingerprint density at radius 3 is 2.47 bits per heavy atom. The predicted molar refractivity (Wildman–Crippen MR) is 55.9 cm³/mol. The number of halogens is 3. The van der Waals surface area contributed by atoms with Gasteiger partial charge in [-0.15, -0.1) is 0 Å². The maximum absolute atomic E-state index is 12.7. The van der Waals surface area contributed by atoms with Crippen LogP contribution in [0.3, 0.4) is 0 Å². The van der Waals surface area contributed by atoms with Crippen molar-refractivity contribution in [2.45, 2.75) is 6.18 Å². The van der Waals surface area contributed by atoms with Crippen molar-refractivity contribution in [3.05, 3.63) is 35.5 Å². The average Bonchev–Trinajstić information content (AvgIpc) is 2.28. The highest BCUT2D eigenvalue weighted by molar-refractivity contribution is 5.93. The Morgan fingerprint density at radius 2 is 1.88 bits per heavy atom. The quantitative estimate of drug-likeness (QED) is 0.766. The first kappa shape index (κ1) is 11.2. The number of fused-ring (bicyclic) bond motifs is 1. The maximum atomic E-state index is 12.7. The van der Waals surface area contributed by atoms with Gasteiger partial charge >= 0.3 is 6.18 Å². The van der Waals surface area contributed by atoms with Crippen molar-refractivity contribution >= 4 is 16.6 Å². The Kier molecular flexibility index (Phi) is 2.39. The van der Waals surface area contributed by atoms with E-state index in [1.54, 1.807) is 12.1 Å². The summed E-state index contributed by atoms with van der Waals surface area (Å²) in [6, 6.07) is 7.58. The molecular weight excluding hydrogens is 231 g/mol. The lowest BCUT2D eigenvalue weighted by Gasteiger charge is -2.11. The summed E-state index contributed by atoms with van der Waals surface area (Å²) in [5, 5.41) is 9.10. The normalized spacial score (nSPS) is 11.4. The predicted octanol–water partition coefficient (Wildman–Crippen LogP) is 2.71. The second-order valence-electron chi connectivity index (χ2n) is 3.38. The van der Waals surface area contributed by atoms with Gasteiger partial charge in [-0.05, 0) is 6.07 Å². The summed E-state index contributed by atoms with van der Waals surface area (Å²) < 4.78 is 38.0. The number of nitrogen functional groups attached to an aromatic ring is 1. The summed E-state index contributed by atoms with van der Waals surface area (Å²) in [7, 11) is 0. The van der Waals surface area contributed by atoms with Crippen LogP contribution < -0.4 is 5.73 Å². The van der Waals surface area contributed by atoms with Crippen molar-refractivity contribution in [1.29, 1.82) is 5.26 Å². The Bertz CT molecular complexity index is 626. The number of anilines is 1. The lowest BCUT2D eigenvalue weighted by atomic mass is 10.1. The molecule has 0 radical (unpaired) electrons. The molecule has 0 aliphatic heterocycles. The van der Waals surface area contributed by atoms with Gasteiger partial charge in [0.15, 0.2) is 5.69 Å². The van der Waals surface area contributed by atoms with E-state index in [0.29, 0.717) is 5.39 Å². The van der Waals surface area contributed by atoms with Crippen molar-refractivity contribution in [2.24, 2.45) is 0 Å². The van der Waals surface area contributed by atoms with E-state index >= 15 is 0 Å². The van der Waals surface area contributed by atoms with E-state index in [-0.39, 0.29) is 11.2 Å². The van der Waals surface area contributed by atoms with Crippen molar-refractivity contribution in [2.75, 3.05) is 5.73 Å². The number of nitrogens with zero attached hydrogens (tertiary/aromatic N) is 2. The molecule has 1 aromatic carbocycles. The van der Waals surface area contributed by atoms with Crippen LogP contribution in [0, 0.1) is 11.3 Å². The van der Waals surface area contributed by atoms with Gasteiger partial charge in [-0.25, -0.2) is 4.98 Å². The largest absolute Gasteiger partial charge is 0.434 e. The summed E-state index contributed by atoms with van der Waals surface area (Å²) in [6.45, 7) is 0. The fourth-order valence-electron chi connectivity index (χ4n) is 1.56. The Balaban J connectivity index is 2.91. The summed E-state index contributed by atoms with van der Waals surface area (Å²) >= 11 is 0. The highest BCUT2D eigenvalue weighted by Crippen LogP contribution is 2.35. The number of alkyl halides is 3. The number of benzene rings is 1.